The van der Waals surface area contributed by atoms with Gasteiger partial charge in [0.25, 0.3) is 6.33 Å². The van der Waals surface area contributed by atoms with Crippen molar-refractivity contribution in [2.75, 3.05) is 0 Å². The van der Waals surface area contributed by atoms with E-state index in [4.69, 9.17) is 23.4 Å². The highest BCUT2D eigenvalue weighted by atomic mass is 16.5. The SMILES string of the molecule is [2H]c1c([2H])c([2H])c(-c2cccc(-c3c([2H])c([2H])c([2H])c([2H])c3[2H])c2-[n+]2[c-]n(-c3cccc(Oc4ccc5c6cc(C(C)(C)C)ccc6n(-c6cc(CC)c(-c7ccc(C(C)(C)C)cc7)cn6)c5c4)c3)c3ccccc32)c([2H])c1[2H]. The minimum Gasteiger partial charge on any atom is -0.458 e. The third-order valence-corrected chi connectivity index (χ3v) is 12.9. The number of benzene rings is 8. The van der Waals surface area contributed by atoms with Crippen LogP contribution in [0, 0.1) is 6.33 Å². The van der Waals surface area contributed by atoms with Crippen molar-refractivity contribution in [1.29, 1.82) is 0 Å². The largest absolute Gasteiger partial charge is 0.458 e. The fourth-order valence-electron chi connectivity index (χ4n) is 9.28. The lowest BCUT2D eigenvalue weighted by atomic mass is 9.86. The highest BCUT2D eigenvalue weighted by Gasteiger charge is 2.23. The minimum atomic E-state index is -0.567. The monoisotopic (exact) mass is 907 g/mol. The van der Waals surface area contributed by atoms with Crippen LogP contribution in [0.25, 0.3) is 83.4 Å². The van der Waals surface area contributed by atoms with E-state index in [1.165, 1.54) is 16.7 Å². The predicted octanol–water partition coefficient (Wildman–Crippen LogP) is 16.2. The molecule has 0 atom stereocenters. The van der Waals surface area contributed by atoms with Crippen molar-refractivity contribution in [1.82, 2.24) is 14.1 Å². The van der Waals surface area contributed by atoms with Gasteiger partial charge in [0, 0.05) is 28.6 Å². The molecule has 5 nitrogen and oxygen atoms in total. The van der Waals surface area contributed by atoms with Gasteiger partial charge in [-0.3, -0.25) is 13.7 Å². The second-order valence-corrected chi connectivity index (χ2v) is 19.4. The van der Waals surface area contributed by atoms with Crippen LogP contribution in [0.3, 0.4) is 0 Å². The normalized spacial score (nSPS) is 14.1. The Morgan fingerprint density at radius 3 is 1.90 bits per heavy atom. The maximum atomic E-state index is 9.06. The Kier molecular flexibility index (Phi) is 8.36. The summed E-state index contributed by atoms with van der Waals surface area (Å²) in [6.07, 6.45) is 6.26. The van der Waals surface area contributed by atoms with E-state index in [0.29, 0.717) is 28.2 Å². The molecule has 0 unspecified atom stereocenters. The lowest BCUT2D eigenvalue weighted by Crippen LogP contribution is -2.31. The number of ether oxygens (including phenoxy) is 1. The van der Waals surface area contributed by atoms with Crippen LogP contribution >= 0.6 is 0 Å². The molecule has 0 aliphatic carbocycles. The third kappa shape index (κ3) is 8.08. The number of fused-ring (bicyclic) bond motifs is 4. The molecule has 338 valence electrons. The summed E-state index contributed by atoms with van der Waals surface area (Å²) in [5, 5.41) is 2.15. The lowest BCUT2D eigenvalue weighted by molar-refractivity contribution is -0.571. The molecule has 8 aromatic carbocycles. The van der Waals surface area contributed by atoms with Crippen LogP contribution in [0.2, 0.25) is 0 Å². The summed E-state index contributed by atoms with van der Waals surface area (Å²) in [7, 11) is 0. The summed E-state index contributed by atoms with van der Waals surface area (Å²) >= 11 is 0. The van der Waals surface area contributed by atoms with Gasteiger partial charge < -0.3 is 4.74 Å². The summed E-state index contributed by atoms with van der Waals surface area (Å²) in [4.78, 5) is 5.17. The van der Waals surface area contributed by atoms with Gasteiger partial charge in [0.1, 0.15) is 17.3 Å². The molecule has 11 rings (SSSR count). The molecule has 0 saturated carbocycles. The smallest absolute Gasteiger partial charge is 0.269 e. The first-order valence-corrected chi connectivity index (χ1v) is 23.3. The van der Waals surface area contributed by atoms with Gasteiger partial charge in [0.2, 0.25) is 0 Å². The van der Waals surface area contributed by atoms with Crippen molar-refractivity contribution in [3.8, 4) is 62.1 Å². The average molecular weight is 907 g/mol. The lowest BCUT2D eigenvalue weighted by Gasteiger charge is -2.20. The predicted molar refractivity (Wildman–Crippen MR) is 285 cm³/mol. The number of imidazole rings is 1. The van der Waals surface area contributed by atoms with E-state index in [9.17, 15) is 0 Å². The quantitative estimate of drug-likeness (QED) is 0.107. The number of aryl methyl sites for hydroxylation is 1. The zero-order valence-electron chi connectivity index (χ0n) is 49.7. The van der Waals surface area contributed by atoms with Crippen LogP contribution < -0.4 is 9.30 Å². The Balaban J connectivity index is 1.05. The molecular weight excluding hydrogens is 841 g/mol. The number of hydrogen-bond donors (Lipinski definition) is 0. The molecule has 69 heavy (non-hydrogen) atoms. The van der Waals surface area contributed by atoms with E-state index in [2.05, 4.69) is 114 Å². The Hall–Kier alpha value is -8.02. The zero-order valence-corrected chi connectivity index (χ0v) is 39.7. The Bertz CT molecular complexity index is 4150. The molecule has 0 bridgehead atoms. The van der Waals surface area contributed by atoms with E-state index < -0.39 is 60.4 Å². The minimum absolute atomic E-state index is 0.0385. The van der Waals surface area contributed by atoms with Gasteiger partial charge in [0.05, 0.1) is 47.1 Å². The first-order chi connectivity index (χ1) is 37.6. The highest BCUT2D eigenvalue weighted by molar-refractivity contribution is 6.10. The van der Waals surface area contributed by atoms with Crippen molar-refractivity contribution < 1.29 is 23.0 Å². The third-order valence-electron chi connectivity index (χ3n) is 12.9. The number of hydrogen-bond acceptors (Lipinski definition) is 2. The highest BCUT2D eigenvalue weighted by Crippen LogP contribution is 2.40. The molecule has 0 radical (unpaired) electrons. The van der Waals surface area contributed by atoms with Gasteiger partial charge in [-0.2, -0.15) is 0 Å². The van der Waals surface area contributed by atoms with Gasteiger partial charge in [-0.25, -0.2) is 4.98 Å². The van der Waals surface area contributed by atoms with E-state index >= 15 is 0 Å². The van der Waals surface area contributed by atoms with Gasteiger partial charge in [0.15, 0.2) is 0 Å². The number of pyridine rings is 1. The maximum Gasteiger partial charge on any atom is 0.269 e. The van der Waals surface area contributed by atoms with E-state index in [-0.39, 0.29) is 38.8 Å². The zero-order chi connectivity index (χ0) is 56.1. The van der Waals surface area contributed by atoms with Gasteiger partial charge in [-0.1, -0.05) is 188 Å². The molecule has 0 fully saturated rings. The van der Waals surface area contributed by atoms with Gasteiger partial charge >= 0.3 is 0 Å². The summed E-state index contributed by atoms with van der Waals surface area (Å²) in [6, 6.07) is 38.3. The second kappa shape index (κ2) is 17.2. The first-order valence-electron chi connectivity index (χ1n) is 28.3. The Morgan fingerprint density at radius 2 is 1.22 bits per heavy atom. The van der Waals surface area contributed by atoms with Crippen molar-refractivity contribution in [3.05, 3.63) is 223 Å². The molecule has 0 spiro atoms. The molecule has 3 heterocycles. The summed E-state index contributed by atoms with van der Waals surface area (Å²) in [6.45, 7) is 15.5. The molecule has 5 heteroatoms. The average Bonchev–Trinajstić information content (AvgIpc) is 4.25. The fourth-order valence-corrected chi connectivity index (χ4v) is 9.28. The maximum absolute atomic E-state index is 9.06. The molecule has 0 aliphatic heterocycles. The molecule has 0 N–H and O–H groups in total. The van der Waals surface area contributed by atoms with E-state index in [0.717, 1.165) is 45.2 Å². The molecular formula is C64H56N4O. The van der Waals surface area contributed by atoms with Crippen LogP contribution in [0.4, 0.5) is 0 Å². The van der Waals surface area contributed by atoms with Crippen molar-refractivity contribution in [2.24, 2.45) is 0 Å². The van der Waals surface area contributed by atoms with Crippen LogP contribution in [-0.4, -0.2) is 14.1 Å². The van der Waals surface area contributed by atoms with Crippen molar-refractivity contribution >= 4 is 32.8 Å². The Labute approximate surface area is 419 Å². The first kappa shape index (κ1) is 33.5. The van der Waals surface area contributed by atoms with E-state index in [1.807, 2.05) is 66.9 Å². The molecule has 11 aromatic rings. The topological polar surface area (TPSA) is 35.9 Å². The molecule has 0 amide bonds. The summed E-state index contributed by atoms with van der Waals surface area (Å²) in [5.41, 5.74) is 9.85. The van der Waals surface area contributed by atoms with Crippen molar-refractivity contribution in [3.63, 3.8) is 0 Å². The van der Waals surface area contributed by atoms with Crippen LogP contribution in [0.15, 0.2) is 200 Å². The summed E-state index contributed by atoms with van der Waals surface area (Å²) in [5.74, 6) is 1.89. The van der Waals surface area contributed by atoms with Crippen molar-refractivity contribution in [2.45, 2.75) is 65.7 Å². The van der Waals surface area contributed by atoms with Gasteiger partial charge in [-0.15, -0.1) is 0 Å². The van der Waals surface area contributed by atoms with Crippen LogP contribution in [0.1, 0.15) is 78.9 Å². The van der Waals surface area contributed by atoms with Gasteiger partial charge in [-0.05, 0) is 110 Å². The summed E-state index contributed by atoms with van der Waals surface area (Å²) < 4.78 is 99.9. The fraction of sp³-hybridized carbons (Fsp3) is 0.156. The number of para-hydroxylation sites is 3. The number of rotatable bonds is 9. The van der Waals surface area contributed by atoms with Crippen LogP contribution in [-0.2, 0) is 17.3 Å². The molecule has 0 saturated heterocycles. The standard InChI is InChI=1S/C64H56N4O/c1-8-43-37-61(65-41-56(43)46-29-31-47(32-30-46)63(2,3)4)68-57-36-33-48(64(5,6)7)38-55(57)54-35-34-51(40-60(54)68)69-50-24-17-23-49(39-50)66-42-67(59-28-16-15-27-58(59)66)62-52(44-19-11-9-12-20-44)25-18-26-53(62)45-21-13-10-14-22-45/h9-41H,8H2,1-7H3/i9D,10D,11D,12D,13D,14D,19D,20D,21D,22D. The Morgan fingerprint density at radius 1 is 0.565 bits per heavy atom. The number of nitrogens with zero attached hydrogens (tertiary/aromatic N) is 4. The van der Waals surface area contributed by atoms with E-state index in [1.54, 1.807) is 27.3 Å². The molecule has 0 aliphatic rings. The van der Waals surface area contributed by atoms with Crippen LogP contribution in [0.5, 0.6) is 11.5 Å². The second-order valence-electron chi connectivity index (χ2n) is 19.4. The number of aromatic nitrogens is 4. The molecule has 3 aromatic heterocycles.